The number of pyridine rings is 1. The van der Waals surface area contributed by atoms with Gasteiger partial charge < -0.3 is 5.32 Å². The fourth-order valence-electron chi connectivity index (χ4n) is 2.82. The van der Waals surface area contributed by atoms with Crippen molar-refractivity contribution in [3.63, 3.8) is 0 Å². The molecule has 128 valence electrons. The molecule has 1 aromatic heterocycles. The first-order valence-electron chi connectivity index (χ1n) is 8.15. The van der Waals surface area contributed by atoms with Crippen LogP contribution in [0.4, 0.5) is 5.69 Å². The number of halogens is 1. The number of aromatic nitrogens is 1. The van der Waals surface area contributed by atoms with Crippen molar-refractivity contribution < 1.29 is 4.79 Å². The van der Waals surface area contributed by atoms with E-state index in [0.717, 1.165) is 36.1 Å². The van der Waals surface area contributed by atoms with Gasteiger partial charge in [0.05, 0.1) is 10.8 Å². The Kier molecular flexibility index (Phi) is 5.31. The second kappa shape index (κ2) is 7.47. The van der Waals surface area contributed by atoms with Crippen LogP contribution in [0, 0.1) is 18.3 Å². The molecule has 1 aromatic carbocycles. The number of rotatable bonds is 4. The molecule has 0 bridgehead atoms. The number of aryl methyl sites for hydroxylation is 2. The van der Waals surface area contributed by atoms with Crippen molar-refractivity contribution in [2.75, 3.05) is 5.32 Å². The predicted molar refractivity (Wildman–Crippen MR) is 101 cm³/mol. The highest BCUT2D eigenvalue weighted by atomic mass is 35.5. The van der Waals surface area contributed by atoms with E-state index in [9.17, 15) is 10.1 Å². The number of hydrogen-bond donors (Lipinski definition) is 1. The molecule has 1 amide bonds. The Hall–Kier alpha value is -2.03. The SMILES string of the molecule is Cc1c(Cl)cccc1NC(=O)C(C)Sc1nc2c(cc1C#N)CCC2. The third-order valence-electron chi connectivity index (χ3n) is 4.32. The number of nitriles is 1. The number of carbonyl (C=O) groups excluding carboxylic acids is 1. The summed E-state index contributed by atoms with van der Waals surface area (Å²) in [4.78, 5) is 17.2. The molecule has 2 aromatic rings. The molecule has 1 N–H and O–H groups in total. The van der Waals surface area contributed by atoms with Gasteiger partial charge in [0.1, 0.15) is 11.1 Å². The smallest absolute Gasteiger partial charge is 0.237 e. The van der Waals surface area contributed by atoms with E-state index < -0.39 is 0 Å². The molecule has 0 radical (unpaired) electrons. The highest BCUT2D eigenvalue weighted by Gasteiger charge is 2.21. The number of nitrogens with one attached hydrogen (secondary N) is 1. The van der Waals surface area contributed by atoms with Crippen LogP contribution in [-0.4, -0.2) is 16.1 Å². The summed E-state index contributed by atoms with van der Waals surface area (Å²) in [6.07, 6.45) is 2.99. The molecule has 0 spiro atoms. The van der Waals surface area contributed by atoms with E-state index in [1.165, 1.54) is 11.8 Å². The van der Waals surface area contributed by atoms with Crippen molar-refractivity contribution in [3.05, 3.63) is 51.7 Å². The van der Waals surface area contributed by atoms with Gasteiger partial charge in [-0.05, 0) is 62.4 Å². The number of carbonyl (C=O) groups is 1. The normalized spacial score (nSPS) is 13.8. The van der Waals surface area contributed by atoms with Crippen molar-refractivity contribution in [2.24, 2.45) is 0 Å². The maximum absolute atomic E-state index is 12.5. The minimum Gasteiger partial charge on any atom is -0.325 e. The highest BCUT2D eigenvalue weighted by molar-refractivity contribution is 8.00. The van der Waals surface area contributed by atoms with Crippen LogP contribution in [0.25, 0.3) is 0 Å². The Bertz CT molecular complexity index is 876. The second-order valence-electron chi connectivity index (χ2n) is 6.07. The van der Waals surface area contributed by atoms with Gasteiger partial charge in [0.15, 0.2) is 0 Å². The number of amides is 1. The Morgan fingerprint density at radius 2 is 2.24 bits per heavy atom. The summed E-state index contributed by atoms with van der Waals surface area (Å²) in [5.74, 6) is -0.137. The molecule has 25 heavy (non-hydrogen) atoms. The van der Waals surface area contributed by atoms with Crippen LogP contribution in [0.1, 0.15) is 35.7 Å². The zero-order valence-corrected chi connectivity index (χ0v) is 15.7. The van der Waals surface area contributed by atoms with Crippen LogP contribution in [-0.2, 0) is 17.6 Å². The van der Waals surface area contributed by atoms with Gasteiger partial charge in [0.2, 0.25) is 5.91 Å². The lowest BCUT2D eigenvalue weighted by atomic mass is 10.2. The van der Waals surface area contributed by atoms with Gasteiger partial charge in [-0.3, -0.25) is 4.79 Å². The zero-order chi connectivity index (χ0) is 18.0. The predicted octanol–water partition coefficient (Wildman–Crippen LogP) is 4.52. The standard InChI is InChI=1S/C19H18ClN3OS/c1-11-15(20)6-4-7-16(11)22-18(24)12(2)25-19-14(10-21)9-13-5-3-8-17(13)23-19/h4,6-7,9,12H,3,5,8H2,1-2H3,(H,22,24). The largest absolute Gasteiger partial charge is 0.325 e. The van der Waals surface area contributed by atoms with E-state index in [-0.39, 0.29) is 11.2 Å². The third kappa shape index (κ3) is 3.81. The van der Waals surface area contributed by atoms with Gasteiger partial charge in [-0.1, -0.05) is 29.4 Å². The van der Waals surface area contributed by atoms with Gasteiger partial charge in [-0.25, -0.2) is 4.98 Å². The Morgan fingerprint density at radius 3 is 3.00 bits per heavy atom. The van der Waals surface area contributed by atoms with Gasteiger partial charge in [-0.2, -0.15) is 5.26 Å². The molecular weight excluding hydrogens is 354 g/mol. The average Bonchev–Trinajstić information content (AvgIpc) is 3.05. The Labute approximate surface area is 156 Å². The topological polar surface area (TPSA) is 65.8 Å². The van der Waals surface area contributed by atoms with E-state index in [0.29, 0.717) is 21.3 Å². The minimum atomic E-state index is -0.377. The Balaban J connectivity index is 1.76. The molecule has 0 saturated heterocycles. The summed E-state index contributed by atoms with van der Waals surface area (Å²) < 4.78 is 0. The number of benzene rings is 1. The molecule has 1 aliphatic rings. The molecule has 1 atom stereocenters. The van der Waals surface area contributed by atoms with Crippen LogP contribution < -0.4 is 5.32 Å². The summed E-state index contributed by atoms with van der Waals surface area (Å²) in [5.41, 5.74) is 4.30. The maximum atomic E-state index is 12.5. The number of anilines is 1. The first-order valence-corrected chi connectivity index (χ1v) is 9.41. The first kappa shape index (κ1) is 17.8. The first-order chi connectivity index (χ1) is 12.0. The molecule has 1 aliphatic carbocycles. The summed E-state index contributed by atoms with van der Waals surface area (Å²) in [6, 6.07) is 9.54. The van der Waals surface area contributed by atoms with Gasteiger partial charge in [0.25, 0.3) is 0 Å². The summed E-state index contributed by atoms with van der Waals surface area (Å²) in [5, 5.41) is 13.2. The number of thioether (sulfide) groups is 1. The monoisotopic (exact) mass is 371 g/mol. The zero-order valence-electron chi connectivity index (χ0n) is 14.1. The van der Waals surface area contributed by atoms with Crippen LogP contribution in [0.3, 0.4) is 0 Å². The third-order valence-corrected chi connectivity index (χ3v) is 5.83. The number of nitrogens with zero attached hydrogens (tertiary/aromatic N) is 2. The molecule has 1 heterocycles. The highest BCUT2D eigenvalue weighted by Crippen LogP contribution is 2.31. The molecule has 1 unspecified atom stereocenters. The fourth-order valence-corrected chi connectivity index (χ4v) is 3.89. The second-order valence-corrected chi connectivity index (χ2v) is 7.81. The lowest BCUT2D eigenvalue weighted by Gasteiger charge is -2.15. The van der Waals surface area contributed by atoms with Gasteiger partial charge in [-0.15, -0.1) is 0 Å². The van der Waals surface area contributed by atoms with E-state index in [2.05, 4.69) is 16.4 Å². The molecule has 0 saturated carbocycles. The molecule has 4 nitrogen and oxygen atoms in total. The average molecular weight is 372 g/mol. The lowest BCUT2D eigenvalue weighted by molar-refractivity contribution is -0.115. The Morgan fingerprint density at radius 1 is 1.44 bits per heavy atom. The molecule has 6 heteroatoms. The molecular formula is C19H18ClN3OS. The summed E-state index contributed by atoms with van der Waals surface area (Å²) in [6.45, 7) is 3.68. The fraction of sp³-hybridized carbons (Fsp3) is 0.316. The quantitative estimate of drug-likeness (QED) is 0.802. The van der Waals surface area contributed by atoms with Crippen molar-refractivity contribution in [1.82, 2.24) is 4.98 Å². The summed E-state index contributed by atoms with van der Waals surface area (Å²) >= 11 is 7.42. The van der Waals surface area contributed by atoms with Crippen LogP contribution in [0.2, 0.25) is 5.02 Å². The summed E-state index contributed by atoms with van der Waals surface area (Å²) in [7, 11) is 0. The lowest BCUT2D eigenvalue weighted by Crippen LogP contribution is -2.23. The number of hydrogen-bond acceptors (Lipinski definition) is 4. The van der Waals surface area contributed by atoms with Crippen LogP contribution in [0.15, 0.2) is 29.3 Å². The van der Waals surface area contributed by atoms with Crippen molar-refractivity contribution in [3.8, 4) is 6.07 Å². The number of fused-ring (bicyclic) bond motifs is 1. The molecule has 0 fully saturated rings. The van der Waals surface area contributed by atoms with E-state index >= 15 is 0 Å². The maximum Gasteiger partial charge on any atom is 0.237 e. The minimum absolute atomic E-state index is 0.137. The van der Waals surface area contributed by atoms with Crippen LogP contribution >= 0.6 is 23.4 Å². The molecule has 0 aliphatic heterocycles. The van der Waals surface area contributed by atoms with Crippen molar-refractivity contribution in [2.45, 2.75) is 43.4 Å². The van der Waals surface area contributed by atoms with Crippen molar-refractivity contribution in [1.29, 1.82) is 5.26 Å². The van der Waals surface area contributed by atoms with Crippen molar-refractivity contribution >= 4 is 35.0 Å². The van der Waals surface area contributed by atoms with E-state index in [1.54, 1.807) is 12.1 Å². The molecule has 3 rings (SSSR count). The van der Waals surface area contributed by atoms with E-state index in [1.807, 2.05) is 26.0 Å². The van der Waals surface area contributed by atoms with E-state index in [4.69, 9.17) is 11.6 Å². The van der Waals surface area contributed by atoms with Crippen LogP contribution in [0.5, 0.6) is 0 Å². The van der Waals surface area contributed by atoms with Gasteiger partial charge in [0, 0.05) is 16.4 Å². The van der Waals surface area contributed by atoms with Gasteiger partial charge >= 0.3 is 0 Å².